The maximum Gasteiger partial charge on any atom is 0.317 e. The number of rotatable bonds is 4. The fourth-order valence-electron chi connectivity index (χ4n) is 2.65. The van der Waals surface area contributed by atoms with Crippen molar-refractivity contribution in [3.63, 3.8) is 0 Å². The van der Waals surface area contributed by atoms with Crippen LogP contribution in [-0.2, 0) is 0 Å². The summed E-state index contributed by atoms with van der Waals surface area (Å²) in [5.74, 6) is 0.471. The number of ether oxygens (including phenoxy) is 1. The van der Waals surface area contributed by atoms with E-state index >= 15 is 0 Å². The predicted molar refractivity (Wildman–Crippen MR) is 93.8 cm³/mol. The van der Waals surface area contributed by atoms with Crippen LogP contribution in [0.1, 0.15) is 30.1 Å². The Hall–Kier alpha value is -1.95. The van der Waals surface area contributed by atoms with Gasteiger partial charge in [0.05, 0.1) is 12.1 Å². The maximum atomic E-state index is 12.7. The number of amides is 3. The molecule has 1 aromatic rings. The molecule has 0 atom stereocenters. The molecule has 7 heteroatoms. The van der Waals surface area contributed by atoms with Gasteiger partial charge in [-0.05, 0) is 31.0 Å². The van der Waals surface area contributed by atoms with E-state index in [1.54, 1.807) is 28.0 Å². The summed E-state index contributed by atoms with van der Waals surface area (Å²) in [6, 6.07) is 4.97. The monoisotopic (exact) mass is 353 g/mol. The van der Waals surface area contributed by atoms with Gasteiger partial charge in [0.1, 0.15) is 5.75 Å². The van der Waals surface area contributed by atoms with Crippen LogP contribution in [0.3, 0.4) is 0 Å². The van der Waals surface area contributed by atoms with Gasteiger partial charge in [-0.25, -0.2) is 4.79 Å². The van der Waals surface area contributed by atoms with Gasteiger partial charge in [-0.1, -0.05) is 18.5 Å². The number of nitrogens with one attached hydrogen (secondary N) is 1. The molecular formula is C17H24ClN3O3. The molecule has 6 nitrogen and oxygen atoms in total. The number of benzene rings is 1. The third-order valence-electron chi connectivity index (χ3n) is 4.00. The van der Waals surface area contributed by atoms with Crippen LogP contribution >= 0.6 is 11.6 Å². The van der Waals surface area contributed by atoms with Crippen molar-refractivity contribution in [2.45, 2.75) is 19.8 Å². The van der Waals surface area contributed by atoms with E-state index in [1.165, 1.54) is 7.11 Å². The second-order valence-electron chi connectivity index (χ2n) is 5.71. The zero-order chi connectivity index (χ0) is 17.5. The van der Waals surface area contributed by atoms with E-state index in [0.717, 1.165) is 12.8 Å². The van der Waals surface area contributed by atoms with Gasteiger partial charge in [-0.15, -0.1) is 0 Å². The van der Waals surface area contributed by atoms with Crippen molar-refractivity contribution >= 4 is 23.5 Å². The summed E-state index contributed by atoms with van der Waals surface area (Å²) < 4.78 is 5.11. The minimum absolute atomic E-state index is 0.0568. The number of carbonyl (C=O) groups excluding carboxylic acids is 2. The quantitative estimate of drug-likeness (QED) is 0.905. The Morgan fingerprint density at radius 3 is 2.58 bits per heavy atom. The molecule has 2 rings (SSSR count). The third-order valence-corrected chi connectivity index (χ3v) is 4.29. The number of urea groups is 1. The highest BCUT2D eigenvalue weighted by Gasteiger charge is 2.23. The van der Waals surface area contributed by atoms with Gasteiger partial charge in [-0.3, -0.25) is 4.79 Å². The molecule has 0 bridgehead atoms. The highest BCUT2D eigenvalue weighted by Crippen LogP contribution is 2.25. The second kappa shape index (κ2) is 8.78. The maximum absolute atomic E-state index is 12.7. The van der Waals surface area contributed by atoms with E-state index in [4.69, 9.17) is 16.3 Å². The zero-order valence-electron chi connectivity index (χ0n) is 14.2. The topological polar surface area (TPSA) is 61.9 Å². The molecule has 0 unspecified atom stereocenters. The summed E-state index contributed by atoms with van der Waals surface area (Å²) in [7, 11) is 1.54. The number of halogens is 1. The molecule has 24 heavy (non-hydrogen) atoms. The van der Waals surface area contributed by atoms with Crippen molar-refractivity contribution in [3.05, 3.63) is 28.8 Å². The Morgan fingerprint density at radius 1 is 1.21 bits per heavy atom. The smallest absolute Gasteiger partial charge is 0.317 e. The Morgan fingerprint density at radius 2 is 1.92 bits per heavy atom. The lowest BCUT2D eigenvalue weighted by Gasteiger charge is -2.22. The van der Waals surface area contributed by atoms with Crippen molar-refractivity contribution < 1.29 is 14.3 Å². The van der Waals surface area contributed by atoms with Crippen LogP contribution < -0.4 is 10.1 Å². The van der Waals surface area contributed by atoms with Crippen molar-refractivity contribution in [1.29, 1.82) is 0 Å². The van der Waals surface area contributed by atoms with Crippen LogP contribution in [0, 0.1) is 0 Å². The molecule has 0 spiro atoms. The van der Waals surface area contributed by atoms with Gasteiger partial charge < -0.3 is 19.9 Å². The van der Waals surface area contributed by atoms with Crippen LogP contribution in [0.5, 0.6) is 5.75 Å². The summed E-state index contributed by atoms with van der Waals surface area (Å²) >= 11 is 6.10. The fourth-order valence-corrected chi connectivity index (χ4v) is 2.91. The molecule has 0 aromatic heterocycles. The Kier molecular flexibility index (Phi) is 6.73. The third kappa shape index (κ3) is 4.54. The van der Waals surface area contributed by atoms with Crippen molar-refractivity contribution in [1.82, 2.24) is 15.1 Å². The summed E-state index contributed by atoms with van der Waals surface area (Å²) in [6.07, 6.45) is 1.66. The van der Waals surface area contributed by atoms with Crippen LogP contribution in [-0.4, -0.2) is 61.6 Å². The SMILES string of the molecule is CCCNC(=O)N1CCCN(C(=O)c2ccc(OC)c(Cl)c2)CC1. The molecule has 1 N–H and O–H groups in total. The molecular weight excluding hydrogens is 330 g/mol. The van der Waals surface area contributed by atoms with E-state index in [-0.39, 0.29) is 11.9 Å². The van der Waals surface area contributed by atoms with E-state index in [1.807, 2.05) is 6.92 Å². The van der Waals surface area contributed by atoms with Gasteiger partial charge in [0.25, 0.3) is 5.91 Å². The van der Waals surface area contributed by atoms with Gasteiger partial charge in [0.2, 0.25) is 0 Å². The summed E-state index contributed by atoms with van der Waals surface area (Å²) in [6.45, 7) is 5.02. The van der Waals surface area contributed by atoms with Crippen LogP contribution in [0.25, 0.3) is 0 Å². The fraction of sp³-hybridized carbons (Fsp3) is 0.529. The highest BCUT2D eigenvalue weighted by molar-refractivity contribution is 6.32. The lowest BCUT2D eigenvalue weighted by Crippen LogP contribution is -2.42. The number of nitrogens with zero attached hydrogens (tertiary/aromatic N) is 2. The zero-order valence-corrected chi connectivity index (χ0v) is 14.9. The van der Waals surface area contributed by atoms with Crippen LogP contribution in [0.15, 0.2) is 18.2 Å². The molecule has 1 saturated heterocycles. The minimum Gasteiger partial charge on any atom is -0.495 e. The first-order valence-electron chi connectivity index (χ1n) is 8.22. The first-order chi connectivity index (χ1) is 11.6. The molecule has 0 saturated carbocycles. The van der Waals surface area contributed by atoms with Gasteiger partial charge in [0.15, 0.2) is 0 Å². The van der Waals surface area contributed by atoms with Crippen molar-refractivity contribution in [2.24, 2.45) is 0 Å². The standard InChI is InChI=1S/C17H24ClN3O3/c1-3-7-19-17(23)21-9-4-8-20(10-11-21)16(22)13-5-6-15(24-2)14(18)12-13/h5-6,12H,3-4,7-11H2,1-2H3,(H,19,23). The first-order valence-corrected chi connectivity index (χ1v) is 8.60. The van der Waals surface area contributed by atoms with E-state index in [2.05, 4.69) is 5.32 Å². The molecule has 1 aliphatic heterocycles. The first kappa shape index (κ1) is 18.4. The van der Waals surface area contributed by atoms with Gasteiger partial charge in [-0.2, -0.15) is 0 Å². The van der Waals surface area contributed by atoms with Gasteiger partial charge >= 0.3 is 6.03 Å². The predicted octanol–water partition coefficient (Wildman–Crippen LogP) is 2.62. The molecule has 3 amide bonds. The molecule has 132 valence electrons. The largest absolute Gasteiger partial charge is 0.495 e. The van der Waals surface area contributed by atoms with E-state index in [9.17, 15) is 9.59 Å². The normalized spacial score (nSPS) is 15.0. The van der Waals surface area contributed by atoms with Crippen LogP contribution in [0.4, 0.5) is 4.79 Å². The average molecular weight is 354 g/mol. The summed E-state index contributed by atoms with van der Waals surface area (Å²) in [4.78, 5) is 28.2. The number of methoxy groups -OCH3 is 1. The lowest BCUT2D eigenvalue weighted by atomic mass is 10.2. The number of carbonyl (C=O) groups is 2. The Labute approximate surface area is 147 Å². The molecule has 1 heterocycles. The van der Waals surface area contributed by atoms with Gasteiger partial charge in [0, 0.05) is 38.3 Å². The molecule has 0 radical (unpaired) electrons. The van der Waals surface area contributed by atoms with Crippen molar-refractivity contribution in [3.8, 4) is 5.75 Å². The van der Waals surface area contributed by atoms with E-state index < -0.39 is 0 Å². The Bertz CT molecular complexity index is 594. The Balaban J connectivity index is 1.99. The minimum atomic E-state index is -0.0737. The molecule has 0 aliphatic carbocycles. The lowest BCUT2D eigenvalue weighted by molar-refractivity contribution is 0.0762. The number of hydrogen-bond donors (Lipinski definition) is 1. The second-order valence-corrected chi connectivity index (χ2v) is 6.12. The van der Waals surface area contributed by atoms with Crippen molar-refractivity contribution in [2.75, 3.05) is 39.8 Å². The highest BCUT2D eigenvalue weighted by atomic mass is 35.5. The van der Waals surface area contributed by atoms with Crippen LogP contribution in [0.2, 0.25) is 5.02 Å². The molecule has 1 aromatic carbocycles. The molecule has 1 aliphatic rings. The summed E-state index contributed by atoms with van der Waals surface area (Å²) in [5.41, 5.74) is 0.532. The molecule has 1 fully saturated rings. The average Bonchev–Trinajstić information content (AvgIpc) is 2.85. The van der Waals surface area contributed by atoms with E-state index in [0.29, 0.717) is 49.1 Å². The number of hydrogen-bond acceptors (Lipinski definition) is 3. The summed E-state index contributed by atoms with van der Waals surface area (Å²) in [5, 5.41) is 3.29.